The van der Waals surface area contributed by atoms with E-state index in [1.165, 1.54) is 43.3 Å². The molecule has 0 aromatic rings. The van der Waals surface area contributed by atoms with Crippen LogP contribution in [0.3, 0.4) is 0 Å². The summed E-state index contributed by atoms with van der Waals surface area (Å²) in [7, 11) is 2.41. The zero-order valence-corrected chi connectivity index (χ0v) is 8.27. The van der Waals surface area contributed by atoms with Crippen LogP contribution < -0.4 is 0 Å². The maximum absolute atomic E-state index is 2.41. The molecular weight excluding hydrogens is 134 g/mol. The van der Waals surface area contributed by atoms with Crippen molar-refractivity contribution < 1.29 is 4.48 Å². The molecular formula is C10H22N+. The van der Waals surface area contributed by atoms with E-state index in [1.54, 1.807) is 0 Å². The predicted octanol–water partition coefficient (Wildman–Crippen LogP) is 2.42. The molecule has 0 radical (unpaired) electrons. The van der Waals surface area contributed by atoms with E-state index in [9.17, 15) is 0 Å². The van der Waals surface area contributed by atoms with E-state index >= 15 is 0 Å². The minimum absolute atomic E-state index is 0.813. The molecule has 11 heavy (non-hydrogen) atoms. The van der Waals surface area contributed by atoms with Crippen molar-refractivity contribution in [2.45, 2.75) is 45.6 Å². The summed E-state index contributed by atoms with van der Waals surface area (Å²) in [5, 5.41) is 0. The molecule has 0 aromatic carbocycles. The zero-order valence-electron chi connectivity index (χ0n) is 8.27. The van der Waals surface area contributed by atoms with Crippen LogP contribution in [0.2, 0.25) is 0 Å². The second-order valence-electron chi connectivity index (χ2n) is 4.43. The van der Waals surface area contributed by atoms with Crippen molar-refractivity contribution in [1.29, 1.82) is 0 Å². The Morgan fingerprint density at radius 2 is 1.36 bits per heavy atom. The third kappa shape index (κ3) is 2.19. The normalized spacial score (nSPS) is 25.1. The standard InChI is InChI=1S/C10H22N/c1-10(2)11(3)8-6-4-5-7-9-11/h10H,4-9H2,1-3H3/q+1. The molecule has 1 saturated heterocycles. The Morgan fingerprint density at radius 3 is 1.73 bits per heavy atom. The van der Waals surface area contributed by atoms with Crippen LogP contribution in [0.1, 0.15) is 39.5 Å². The summed E-state index contributed by atoms with van der Waals surface area (Å²) in [5.74, 6) is 0. The topological polar surface area (TPSA) is 0 Å². The smallest absolute Gasteiger partial charge is 0.0831 e. The Hall–Kier alpha value is -0.0400. The highest BCUT2D eigenvalue weighted by Gasteiger charge is 2.26. The summed E-state index contributed by atoms with van der Waals surface area (Å²) in [6.45, 7) is 7.51. The van der Waals surface area contributed by atoms with Gasteiger partial charge in [-0.05, 0) is 39.5 Å². The molecule has 0 bridgehead atoms. The van der Waals surface area contributed by atoms with Crippen LogP contribution in [0.5, 0.6) is 0 Å². The average Bonchev–Trinajstić information content (AvgIpc) is 2.15. The van der Waals surface area contributed by atoms with Crippen molar-refractivity contribution in [3.05, 3.63) is 0 Å². The van der Waals surface area contributed by atoms with Crippen molar-refractivity contribution in [2.24, 2.45) is 0 Å². The molecule has 0 spiro atoms. The van der Waals surface area contributed by atoms with E-state index in [2.05, 4.69) is 20.9 Å². The molecule has 0 amide bonds. The molecule has 1 fully saturated rings. The van der Waals surface area contributed by atoms with Crippen molar-refractivity contribution >= 4 is 0 Å². The highest BCUT2D eigenvalue weighted by molar-refractivity contribution is 4.53. The largest absolute Gasteiger partial charge is 0.324 e. The Labute approximate surface area is 71.0 Å². The van der Waals surface area contributed by atoms with E-state index in [-0.39, 0.29) is 0 Å². The number of likely N-dealkylation sites (tertiary alicyclic amines) is 1. The third-order valence-electron chi connectivity index (χ3n) is 3.33. The molecule has 0 atom stereocenters. The van der Waals surface area contributed by atoms with Gasteiger partial charge in [0.05, 0.1) is 26.2 Å². The number of hydrogen-bond donors (Lipinski definition) is 0. The first-order valence-electron chi connectivity index (χ1n) is 4.99. The predicted molar refractivity (Wildman–Crippen MR) is 49.5 cm³/mol. The van der Waals surface area contributed by atoms with Crippen LogP contribution in [-0.4, -0.2) is 30.7 Å². The first-order valence-corrected chi connectivity index (χ1v) is 4.99. The van der Waals surface area contributed by atoms with Crippen LogP contribution in [0.15, 0.2) is 0 Å². The molecule has 0 unspecified atom stereocenters. The van der Waals surface area contributed by atoms with Gasteiger partial charge in [0.2, 0.25) is 0 Å². The average molecular weight is 156 g/mol. The fraction of sp³-hybridized carbons (Fsp3) is 1.00. The van der Waals surface area contributed by atoms with Gasteiger partial charge in [-0.25, -0.2) is 0 Å². The highest BCUT2D eigenvalue weighted by Crippen LogP contribution is 2.19. The fourth-order valence-corrected chi connectivity index (χ4v) is 1.93. The molecule has 1 rings (SSSR count). The second kappa shape index (κ2) is 3.57. The number of quaternary nitrogens is 1. The monoisotopic (exact) mass is 156 g/mol. The van der Waals surface area contributed by atoms with Gasteiger partial charge in [0.1, 0.15) is 0 Å². The van der Waals surface area contributed by atoms with Crippen molar-refractivity contribution in [2.75, 3.05) is 20.1 Å². The van der Waals surface area contributed by atoms with Gasteiger partial charge in [0.25, 0.3) is 0 Å². The molecule has 1 heterocycles. The molecule has 0 saturated carbocycles. The van der Waals surface area contributed by atoms with Gasteiger partial charge >= 0.3 is 0 Å². The zero-order chi connectivity index (χ0) is 8.32. The van der Waals surface area contributed by atoms with Gasteiger partial charge in [-0.3, -0.25) is 0 Å². The Morgan fingerprint density at radius 1 is 0.909 bits per heavy atom. The maximum Gasteiger partial charge on any atom is 0.0831 e. The van der Waals surface area contributed by atoms with E-state index < -0.39 is 0 Å². The summed E-state index contributed by atoms with van der Waals surface area (Å²) in [6, 6.07) is 0.813. The molecule has 1 nitrogen and oxygen atoms in total. The van der Waals surface area contributed by atoms with Crippen LogP contribution in [0.4, 0.5) is 0 Å². The van der Waals surface area contributed by atoms with Crippen LogP contribution >= 0.6 is 0 Å². The minimum atomic E-state index is 0.813. The molecule has 1 aliphatic rings. The van der Waals surface area contributed by atoms with Gasteiger partial charge in [0, 0.05) is 0 Å². The molecule has 0 aromatic heterocycles. The lowest BCUT2D eigenvalue weighted by Gasteiger charge is -2.37. The number of nitrogens with zero attached hydrogens (tertiary/aromatic N) is 1. The number of rotatable bonds is 1. The summed E-state index contributed by atoms with van der Waals surface area (Å²) in [5.41, 5.74) is 0. The highest BCUT2D eigenvalue weighted by atomic mass is 15.3. The summed E-state index contributed by atoms with van der Waals surface area (Å²) < 4.78 is 1.31. The lowest BCUT2D eigenvalue weighted by Crippen LogP contribution is -2.50. The summed E-state index contributed by atoms with van der Waals surface area (Å²) in [4.78, 5) is 0. The van der Waals surface area contributed by atoms with E-state index in [4.69, 9.17) is 0 Å². The van der Waals surface area contributed by atoms with Crippen molar-refractivity contribution in [1.82, 2.24) is 0 Å². The van der Waals surface area contributed by atoms with Gasteiger partial charge in [-0.2, -0.15) is 0 Å². The summed E-state index contributed by atoms with van der Waals surface area (Å²) >= 11 is 0. The SMILES string of the molecule is CC(C)[N+]1(C)CCCCCC1. The summed E-state index contributed by atoms with van der Waals surface area (Å²) in [6.07, 6.45) is 5.80. The van der Waals surface area contributed by atoms with Gasteiger partial charge in [0.15, 0.2) is 0 Å². The Balaban J connectivity index is 2.52. The first kappa shape index (κ1) is 9.05. The van der Waals surface area contributed by atoms with Gasteiger partial charge in [-0.1, -0.05) is 0 Å². The molecule has 0 N–H and O–H groups in total. The Bertz CT molecular complexity index is 110. The van der Waals surface area contributed by atoms with Crippen molar-refractivity contribution in [3.8, 4) is 0 Å². The van der Waals surface area contributed by atoms with Crippen LogP contribution in [-0.2, 0) is 0 Å². The quantitative estimate of drug-likeness (QED) is 0.511. The molecule has 1 heteroatoms. The van der Waals surface area contributed by atoms with Crippen LogP contribution in [0.25, 0.3) is 0 Å². The molecule has 66 valence electrons. The third-order valence-corrected chi connectivity index (χ3v) is 3.33. The van der Waals surface area contributed by atoms with E-state index in [1.807, 2.05) is 0 Å². The molecule has 0 aliphatic carbocycles. The molecule has 1 aliphatic heterocycles. The Kier molecular flexibility index (Phi) is 2.94. The first-order chi connectivity index (χ1) is 5.15. The minimum Gasteiger partial charge on any atom is -0.324 e. The van der Waals surface area contributed by atoms with Gasteiger partial charge in [-0.15, -0.1) is 0 Å². The van der Waals surface area contributed by atoms with Crippen LogP contribution in [0, 0.1) is 0 Å². The number of hydrogen-bond acceptors (Lipinski definition) is 0. The van der Waals surface area contributed by atoms with E-state index in [0.717, 1.165) is 6.04 Å². The second-order valence-corrected chi connectivity index (χ2v) is 4.43. The van der Waals surface area contributed by atoms with Gasteiger partial charge < -0.3 is 4.48 Å². The van der Waals surface area contributed by atoms with E-state index in [0.29, 0.717) is 0 Å². The lowest BCUT2D eigenvalue weighted by atomic mass is 10.2. The van der Waals surface area contributed by atoms with Crippen molar-refractivity contribution in [3.63, 3.8) is 0 Å². The maximum atomic E-state index is 2.41. The fourth-order valence-electron chi connectivity index (χ4n) is 1.93. The lowest BCUT2D eigenvalue weighted by molar-refractivity contribution is -0.929.